The van der Waals surface area contributed by atoms with Gasteiger partial charge in [-0.05, 0) is 81.3 Å². The Morgan fingerprint density at radius 3 is 2.45 bits per heavy atom. The fourth-order valence-electron chi connectivity index (χ4n) is 5.92. The van der Waals surface area contributed by atoms with Gasteiger partial charge in [-0.2, -0.15) is 0 Å². The molecule has 5 nitrogen and oxygen atoms in total. The third-order valence-corrected chi connectivity index (χ3v) is 7.63. The molecule has 0 aliphatic carbocycles. The molecular formula is C28H35N3O2. The van der Waals surface area contributed by atoms with Crippen LogP contribution in [0.25, 0.3) is 10.9 Å². The number of benzene rings is 2. The minimum Gasteiger partial charge on any atom is -0.391 e. The fraction of sp³-hybridized carbons (Fsp3) is 0.464. The summed E-state index contributed by atoms with van der Waals surface area (Å²) in [5, 5.41) is 11.2. The Morgan fingerprint density at radius 1 is 1.00 bits per heavy atom. The molecule has 1 atom stereocenters. The zero-order valence-corrected chi connectivity index (χ0v) is 19.8. The lowest BCUT2D eigenvalue weighted by Gasteiger charge is -2.34. The number of rotatable bonds is 4. The monoisotopic (exact) mass is 445 g/mol. The Kier molecular flexibility index (Phi) is 6.26. The maximum Gasteiger partial charge on any atom is 0.270 e. The summed E-state index contributed by atoms with van der Waals surface area (Å²) in [7, 11) is 0. The van der Waals surface area contributed by atoms with Crippen LogP contribution in [0, 0.1) is 13.8 Å². The van der Waals surface area contributed by atoms with Crippen LogP contribution in [0.3, 0.4) is 0 Å². The van der Waals surface area contributed by atoms with Crippen molar-refractivity contribution in [3.05, 3.63) is 70.4 Å². The van der Waals surface area contributed by atoms with Gasteiger partial charge in [0.2, 0.25) is 0 Å². The van der Waals surface area contributed by atoms with E-state index in [1.165, 1.54) is 16.7 Å². The number of carbonyl (C=O) groups is 1. The molecule has 0 bridgehead atoms. The number of likely N-dealkylation sites (tertiary alicyclic amines) is 2. The number of fused-ring (bicyclic) bond motifs is 1. The first-order chi connectivity index (χ1) is 16.0. The van der Waals surface area contributed by atoms with Gasteiger partial charge in [0.05, 0.1) is 6.10 Å². The van der Waals surface area contributed by atoms with E-state index in [0.29, 0.717) is 24.7 Å². The molecule has 2 aromatic carbocycles. The number of aryl methyl sites for hydroxylation is 2. The number of H-pyrrole nitrogens is 1. The zero-order chi connectivity index (χ0) is 22.9. The summed E-state index contributed by atoms with van der Waals surface area (Å²) in [6.07, 6.45) is 3.51. The minimum absolute atomic E-state index is 0.0189. The van der Waals surface area contributed by atoms with E-state index in [9.17, 15) is 9.90 Å². The molecule has 2 aliphatic heterocycles. The highest BCUT2D eigenvalue weighted by Crippen LogP contribution is 2.34. The van der Waals surface area contributed by atoms with Crippen LogP contribution in [0.1, 0.15) is 64.3 Å². The van der Waals surface area contributed by atoms with Crippen molar-refractivity contribution in [1.82, 2.24) is 14.8 Å². The van der Waals surface area contributed by atoms with Crippen molar-refractivity contribution in [2.75, 3.05) is 26.2 Å². The molecule has 5 rings (SSSR count). The first-order valence-corrected chi connectivity index (χ1v) is 12.4. The highest BCUT2D eigenvalue weighted by atomic mass is 16.3. The van der Waals surface area contributed by atoms with Gasteiger partial charge in [0.1, 0.15) is 5.69 Å². The van der Waals surface area contributed by atoms with Gasteiger partial charge in [0.15, 0.2) is 0 Å². The van der Waals surface area contributed by atoms with Crippen LogP contribution in [-0.2, 0) is 6.54 Å². The Balaban J connectivity index is 1.36. The minimum atomic E-state index is -0.417. The maximum absolute atomic E-state index is 13.5. The van der Waals surface area contributed by atoms with E-state index in [0.717, 1.165) is 61.8 Å². The third-order valence-electron chi connectivity index (χ3n) is 7.63. The number of para-hydroxylation sites is 1. The van der Waals surface area contributed by atoms with E-state index in [1.54, 1.807) is 0 Å². The first kappa shape index (κ1) is 22.2. The van der Waals surface area contributed by atoms with Gasteiger partial charge in [-0.3, -0.25) is 9.69 Å². The number of aromatic nitrogens is 1. The van der Waals surface area contributed by atoms with Gasteiger partial charge in [0, 0.05) is 36.1 Å². The molecule has 2 aliphatic rings. The molecular weight excluding hydrogens is 410 g/mol. The SMILES string of the molecule is Cc1cccc(C)c1C1CCN(Cc2c(C(=O)N3CCCC(O)C3)[nH]c3ccccc23)CC1. The van der Waals surface area contributed by atoms with E-state index in [-0.39, 0.29) is 5.91 Å². The number of carbonyl (C=O) groups excluding carboxylic acids is 1. The van der Waals surface area contributed by atoms with Gasteiger partial charge < -0.3 is 15.0 Å². The predicted octanol–water partition coefficient (Wildman–Crippen LogP) is 4.76. The van der Waals surface area contributed by atoms with Crippen molar-refractivity contribution in [1.29, 1.82) is 0 Å². The van der Waals surface area contributed by atoms with Crippen molar-refractivity contribution in [2.24, 2.45) is 0 Å². The third kappa shape index (κ3) is 4.44. The number of hydrogen-bond acceptors (Lipinski definition) is 3. The molecule has 5 heteroatoms. The number of hydrogen-bond donors (Lipinski definition) is 2. The molecule has 3 heterocycles. The molecule has 33 heavy (non-hydrogen) atoms. The number of piperidine rings is 2. The summed E-state index contributed by atoms with van der Waals surface area (Å²) in [4.78, 5) is 21.2. The van der Waals surface area contributed by atoms with E-state index < -0.39 is 6.10 Å². The molecule has 0 radical (unpaired) electrons. The van der Waals surface area contributed by atoms with Gasteiger partial charge >= 0.3 is 0 Å². The standard InChI is InChI=1S/C28H35N3O2/c1-19-7-5-8-20(2)26(19)21-12-15-30(16-13-21)18-24-23-10-3-4-11-25(23)29-27(24)28(33)31-14-6-9-22(32)17-31/h3-5,7-8,10-11,21-22,29,32H,6,9,12-18H2,1-2H3. The lowest BCUT2D eigenvalue weighted by molar-refractivity contribution is 0.0467. The predicted molar refractivity (Wildman–Crippen MR) is 133 cm³/mol. The number of aliphatic hydroxyl groups excluding tert-OH is 1. The Morgan fingerprint density at radius 2 is 1.73 bits per heavy atom. The van der Waals surface area contributed by atoms with Gasteiger partial charge in [-0.1, -0.05) is 36.4 Å². The number of nitrogens with zero attached hydrogens (tertiary/aromatic N) is 2. The summed E-state index contributed by atoms with van der Waals surface area (Å²) in [5.41, 5.74) is 7.15. The molecule has 1 unspecified atom stereocenters. The number of nitrogens with one attached hydrogen (secondary N) is 1. The van der Waals surface area contributed by atoms with Crippen molar-refractivity contribution in [3.8, 4) is 0 Å². The van der Waals surface area contributed by atoms with Gasteiger partial charge in [-0.25, -0.2) is 0 Å². The quantitative estimate of drug-likeness (QED) is 0.609. The van der Waals surface area contributed by atoms with E-state index >= 15 is 0 Å². The topological polar surface area (TPSA) is 59.6 Å². The normalized spacial score (nSPS) is 20.5. The van der Waals surface area contributed by atoms with Crippen LogP contribution >= 0.6 is 0 Å². The van der Waals surface area contributed by atoms with E-state index in [4.69, 9.17) is 0 Å². The molecule has 0 spiro atoms. The van der Waals surface area contributed by atoms with Crippen LogP contribution in [0.2, 0.25) is 0 Å². The zero-order valence-electron chi connectivity index (χ0n) is 19.8. The van der Waals surface area contributed by atoms with Crippen LogP contribution in [0.5, 0.6) is 0 Å². The lowest BCUT2D eigenvalue weighted by atomic mass is 9.84. The molecule has 0 saturated carbocycles. The molecule has 2 N–H and O–H groups in total. The first-order valence-electron chi connectivity index (χ1n) is 12.4. The molecule has 174 valence electrons. The summed E-state index contributed by atoms with van der Waals surface area (Å²) in [6.45, 7) is 8.45. The van der Waals surface area contributed by atoms with Crippen molar-refractivity contribution in [2.45, 2.75) is 58.1 Å². The number of aromatic amines is 1. The van der Waals surface area contributed by atoms with Crippen LogP contribution < -0.4 is 0 Å². The lowest BCUT2D eigenvalue weighted by Crippen LogP contribution is -2.42. The second-order valence-corrected chi connectivity index (χ2v) is 9.93. The second-order valence-electron chi connectivity index (χ2n) is 9.93. The second kappa shape index (κ2) is 9.32. The Bertz CT molecular complexity index is 1120. The van der Waals surface area contributed by atoms with E-state index in [2.05, 4.69) is 48.0 Å². The smallest absolute Gasteiger partial charge is 0.270 e. The Hall–Kier alpha value is -2.63. The molecule has 1 aromatic heterocycles. The van der Waals surface area contributed by atoms with Crippen LogP contribution in [-0.4, -0.2) is 58.1 Å². The van der Waals surface area contributed by atoms with Crippen molar-refractivity contribution >= 4 is 16.8 Å². The summed E-state index contributed by atoms with van der Waals surface area (Å²) in [5.74, 6) is 0.631. The number of amides is 1. The molecule has 3 aromatic rings. The summed E-state index contributed by atoms with van der Waals surface area (Å²) < 4.78 is 0. The average Bonchev–Trinajstić information content (AvgIpc) is 3.18. The molecule has 2 saturated heterocycles. The van der Waals surface area contributed by atoms with Crippen LogP contribution in [0.15, 0.2) is 42.5 Å². The summed E-state index contributed by atoms with van der Waals surface area (Å²) >= 11 is 0. The Labute approximate surface area is 196 Å². The van der Waals surface area contributed by atoms with Gasteiger partial charge in [0.25, 0.3) is 5.91 Å². The average molecular weight is 446 g/mol. The highest BCUT2D eigenvalue weighted by Gasteiger charge is 2.29. The van der Waals surface area contributed by atoms with E-state index in [1.807, 2.05) is 23.1 Å². The largest absolute Gasteiger partial charge is 0.391 e. The highest BCUT2D eigenvalue weighted by molar-refractivity contribution is 6.01. The van der Waals surface area contributed by atoms with Crippen molar-refractivity contribution < 1.29 is 9.90 Å². The van der Waals surface area contributed by atoms with Crippen molar-refractivity contribution in [3.63, 3.8) is 0 Å². The molecule has 1 amide bonds. The van der Waals surface area contributed by atoms with Crippen LogP contribution in [0.4, 0.5) is 0 Å². The molecule has 2 fully saturated rings. The number of β-amino-alcohol motifs (C(OH)–C–C–N with tert-alkyl or cyclic N) is 1. The number of aliphatic hydroxyl groups is 1. The maximum atomic E-state index is 13.5. The summed E-state index contributed by atoms with van der Waals surface area (Å²) in [6, 6.07) is 14.8. The van der Waals surface area contributed by atoms with Gasteiger partial charge in [-0.15, -0.1) is 0 Å². The fourth-order valence-corrected chi connectivity index (χ4v) is 5.92.